The summed E-state index contributed by atoms with van der Waals surface area (Å²) in [6.45, 7) is 1.22. The van der Waals surface area contributed by atoms with E-state index in [0.29, 0.717) is 18.4 Å². The molecule has 5 heteroatoms. The fourth-order valence-electron chi connectivity index (χ4n) is 1.92. The second-order valence-corrected chi connectivity index (χ2v) is 5.47. The predicted octanol–water partition coefficient (Wildman–Crippen LogP) is 3.83. The van der Waals surface area contributed by atoms with E-state index in [2.05, 4.69) is 38.0 Å². The number of aryl methyl sites for hydroxylation is 1. The molecule has 2 aromatic rings. The molecule has 0 unspecified atom stereocenters. The summed E-state index contributed by atoms with van der Waals surface area (Å²) in [7, 11) is 0. The minimum Gasteiger partial charge on any atom is -0.376 e. The van der Waals surface area contributed by atoms with Crippen LogP contribution in [0, 0.1) is 0 Å². The first-order valence-electron chi connectivity index (χ1n) is 6.47. The Morgan fingerprint density at radius 1 is 1.10 bits per heavy atom. The standard InChI is InChI=1S/C15H16BrClN2O/c16-8-6-14-13(15(17)19-11-18-14)7-9-20-10-12-4-2-1-3-5-12/h1-5,11H,6-10H2. The summed E-state index contributed by atoms with van der Waals surface area (Å²) in [6, 6.07) is 10.1. The molecule has 0 atom stereocenters. The lowest BCUT2D eigenvalue weighted by Crippen LogP contribution is -2.06. The number of hydrogen-bond acceptors (Lipinski definition) is 3. The van der Waals surface area contributed by atoms with Crippen LogP contribution in [-0.4, -0.2) is 21.9 Å². The highest BCUT2D eigenvalue weighted by Gasteiger charge is 2.09. The zero-order valence-electron chi connectivity index (χ0n) is 11.1. The number of ether oxygens (including phenoxy) is 1. The molecule has 2 rings (SSSR count). The van der Waals surface area contributed by atoms with Crippen molar-refractivity contribution in [3.8, 4) is 0 Å². The van der Waals surface area contributed by atoms with E-state index >= 15 is 0 Å². The third-order valence-electron chi connectivity index (χ3n) is 2.92. The van der Waals surface area contributed by atoms with Crippen LogP contribution in [0.4, 0.5) is 0 Å². The molecule has 0 saturated carbocycles. The molecule has 3 nitrogen and oxygen atoms in total. The number of alkyl halides is 1. The van der Waals surface area contributed by atoms with Crippen LogP contribution in [0.5, 0.6) is 0 Å². The van der Waals surface area contributed by atoms with Crippen LogP contribution in [0.25, 0.3) is 0 Å². The molecule has 0 aliphatic carbocycles. The van der Waals surface area contributed by atoms with Crippen molar-refractivity contribution < 1.29 is 4.74 Å². The SMILES string of the molecule is Clc1ncnc(CCBr)c1CCOCc1ccccc1. The monoisotopic (exact) mass is 354 g/mol. The molecule has 0 saturated heterocycles. The van der Waals surface area contributed by atoms with Gasteiger partial charge >= 0.3 is 0 Å². The van der Waals surface area contributed by atoms with Crippen LogP contribution in [0.2, 0.25) is 5.15 Å². The molecule has 106 valence electrons. The maximum atomic E-state index is 6.14. The molecule has 0 aliphatic heterocycles. The number of benzene rings is 1. The zero-order valence-corrected chi connectivity index (χ0v) is 13.4. The molecule has 0 amide bonds. The summed E-state index contributed by atoms with van der Waals surface area (Å²) in [6.07, 6.45) is 3.08. The molecule has 0 N–H and O–H groups in total. The van der Waals surface area contributed by atoms with E-state index in [1.54, 1.807) is 0 Å². The Kier molecular flexibility index (Phi) is 6.43. The van der Waals surface area contributed by atoms with Gasteiger partial charge in [0, 0.05) is 23.0 Å². The van der Waals surface area contributed by atoms with Crippen molar-refractivity contribution in [3.63, 3.8) is 0 Å². The maximum Gasteiger partial charge on any atom is 0.135 e. The Bertz CT molecular complexity index is 537. The molecular formula is C15H16BrClN2O. The lowest BCUT2D eigenvalue weighted by atomic mass is 10.1. The number of hydrogen-bond donors (Lipinski definition) is 0. The summed E-state index contributed by atoms with van der Waals surface area (Å²) in [4.78, 5) is 8.33. The normalized spacial score (nSPS) is 10.7. The lowest BCUT2D eigenvalue weighted by molar-refractivity contribution is 0.123. The second kappa shape index (κ2) is 8.35. The Labute approximate surface area is 132 Å². The van der Waals surface area contributed by atoms with E-state index in [9.17, 15) is 0 Å². The number of halogens is 2. The van der Waals surface area contributed by atoms with Crippen LogP contribution >= 0.6 is 27.5 Å². The van der Waals surface area contributed by atoms with Gasteiger partial charge < -0.3 is 4.74 Å². The van der Waals surface area contributed by atoms with E-state index in [1.165, 1.54) is 11.9 Å². The molecule has 0 spiro atoms. The van der Waals surface area contributed by atoms with Crippen molar-refractivity contribution in [1.29, 1.82) is 0 Å². The quantitative estimate of drug-likeness (QED) is 0.430. The number of nitrogens with zero attached hydrogens (tertiary/aromatic N) is 2. The first-order chi connectivity index (χ1) is 9.81. The molecule has 0 aliphatic rings. The summed E-state index contributed by atoms with van der Waals surface area (Å²) >= 11 is 9.56. The molecule has 0 fully saturated rings. The fourth-order valence-corrected chi connectivity index (χ4v) is 2.54. The van der Waals surface area contributed by atoms with E-state index < -0.39 is 0 Å². The van der Waals surface area contributed by atoms with Gasteiger partial charge in [-0.15, -0.1) is 0 Å². The van der Waals surface area contributed by atoms with Gasteiger partial charge in [-0.3, -0.25) is 0 Å². The predicted molar refractivity (Wildman–Crippen MR) is 84.3 cm³/mol. The van der Waals surface area contributed by atoms with Crippen LogP contribution in [0.15, 0.2) is 36.7 Å². The minimum absolute atomic E-state index is 0.527. The second-order valence-electron chi connectivity index (χ2n) is 4.32. The van der Waals surface area contributed by atoms with Crippen molar-refractivity contribution in [3.05, 3.63) is 58.6 Å². The highest BCUT2D eigenvalue weighted by Crippen LogP contribution is 2.17. The number of aromatic nitrogens is 2. The topological polar surface area (TPSA) is 35.0 Å². The van der Waals surface area contributed by atoms with Crippen molar-refractivity contribution in [2.75, 3.05) is 11.9 Å². The van der Waals surface area contributed by atoms with Crippen LogP contribution < -0.4 is 0 Å². The number of rotatable bonds is 7. The summed E-state index contributed by atoms with van der Waals surface area (Å²) in [5.74, 6) is 0. The van der Waals surface area contributed by atoms with Crippen LogP contribution in [-0.2, 0) is 24.2 Å². The first kappa shape index (κ1) is 15.4. The summed E-state index contributed by atoms with van der Waals surface area (Å²) < 4.78 is 5.69. The van der Waals surface area contributed by atoms with Crippen molar-refractivity contribution in [2.24, 2.45) is 0 Å². The van der Waals surface area contributed by atoms with Gasteiger partial charge in [-0.2, -0.15) is 0 Å². The van der Waals surface area contributed by atoms with E-state index in [-0.39, 0.29) is 0 Å². The van der Waals surface area contributed by atoms with Crippen molar-refractivity contribution >= 4 is 27.5 Å². The largest absolute Gasteiger partial charge is 0.376 e. The minimum atomic E-state index is 0.527. The Morgan fingerprint density at radius 3 is 2.65 bits per heavy atom. The van der Waals surface area contributed by atoms with Gasteiger partial charge in [0.15, 0.2) is 0 Å². The van der Waals surface area contributed by atoms with Gasteiger partial charge in [0.2, 0.25) is 0 Å². The highest BCUT2D eigenvalue weighted by atomic mass is 79.9. The van der Waals surface area contributed by atoms with E-state index in [4.69, 9.17) is 16.3 Å². The average Bonchev–Trinajstić information content (AvgIpc) is 2.47. The van der Waals surface area contributed by atoms with Gasteiger partial charge in [-0.1, -0.05) is 57.9 Å². The van der Waals surface area contributed by atoms with Gasteiger partial charge in [-0.25, -0.2) is 9.97 Å². The molecule has 1 heterocycles. The van der Waals surface area contributed by atoms with Crippen molar-refractivity contribution in [1.82, 2.24) is 9.97 Å². The maximum absolute atomic E-state index is 6.14. The molecule has 1 aromatic heterocycles. The first-order valence-corrected chi connectivity index (χ1v) is 7.97. The van der Waals surface area contributed by atoms with Crippen LogP contribution in [0.1, 0.15) is 16.8 Å². The van der Waals surface area contributed by atoms with Gasteiger partial charge in [0.05, 0.1) is 13.2 Å². The summed E-state index contributed by atoms with van der Waals surface area (Å²) in [5.41, 5.74) is 3.15. The summed E-state index contributed by atoms with van der Waals surface area (Å²) in [5, 5.41) is 1.39. The third kappa shape index (κ3) is 4.54. The highest BCUT2D eigenvalue weighted by molar-refractivity contribution is 9.09. The Morgan fingerprint density at radius 2 is 1.90 bits per heavy atom. The van der Waals surface area contributed by atoms with Gasteiger partial charge in [0.25, 0.3) is 0 Å². The van der Waals surface area contributed by atoms with Gasteiger partial charge in [0.1, 0.15) is 11.5 Å². The van der Waals surface area contributed by atoms with Crippen molar-refractivity contribution in [2.45, 2.75) is 19.4 Å². The average molecular weight is 356 g/mol. The third-order valence-corrected chi connectivity index (χ3v) is 3.64. The zero-order chi connectivity index (χ0) is 14.2. The molecule has 20 heavy (non-hydrogen) atoms. The Hall–Kier alpha value is -0.970. The lowest BCUT2D eigenvalue weighted by Gasteiger charge is -2.09. The molecule has 1 aromatic carbocycles. The van der Waals surface area contributed by atoms with Gasteiger partial charge in [-0.05, 0) is 12.0 Å². The van der Waals surface area contributed by atoms with E-state index in [1.807, 2.05) is 18.2 Å². The molecule has 0 bridgehead atoms. The fraction of sp³-hybridized carbons (Fsp3) is 0.333. The van der Waals surface area contributed by atoms with Crippen LogP contribution in [0.3, 0.4) is 0 Å². The molecular weight excluding hydrogens is 340 g/mol. The smallest absolute Gasteiger partial charge is 0.135 e. The molecule has 0 radical (unpaired) electrons. The van der Waals surface area contributed by atoms with E-state index in [0.717, 1.165) is 29.4 Å². The Balaban J connectivity index is 1.87.